The van der Waals surface area contributed by atoms with Crippen molar-refractivity contribution in [3.05, 3.63) is 81.9 Å². The summed E-state index contributed by atoms with van der Waals surface area (Å²) in [6, 6.07) is 13.7. The van der Waals surface area contributed by atoms with Crippen molar-refractivity contribution in [1.29, 1.82) is 0 Å². The van der Waals surface area contributed by atoms with Crippen molar-refractivity contribution < 1.29 is 24.5 Å². The number of aryl methyl sites for hydroxylation is 2. The molecule has 2 N–H and O–H groups in total. The van der Waals surface area contributed by atoms with Gasteiger partial charge in [-0.05, 0) is 85.8 Å². The molecule has 0 bridgehead atoms. The van der Waals surface area contributed by atoms with Crippen molar-refractivity contribution >= 4 is 11.9 Å². The first-order chi connectivity index (χ1) is 16.3. The van der Waals surface area contributed by atoms with Crippen molar-refractivity contribution in [2.75, 3.05) is 6.73 Å². The third kappa shape index (κ3) is 7.27. The first-order valence-corrected chi connectivity index (χ1v) is 12.0. The second-order valence-corrected chi connectivity index (χ2v) is 9.15. The standard InChI is InChI=1S/C24H31NO.C4H4O4/c1-18(2)25(15-19-8-4-3-5-9-19)17-26-16-24-22-12-6-10-20(22)14-21-11-7-13-23(21)24;5-3(6)1-2-4(7)8/h3-5,8-9,14,18H,6-7,10-13,15-17H2,1-2H3;1-2H,(H,5,6)(H,7,8)/b;2-1-. The molecule has 2 aliphatic rings. The molecule has 2 aromatic rings. The van der Waals surface area contributed by atoms with Crippen molar-refractivity contribution in [3.8, 4) is 0 Å². The molecule has 0 amide bonds. The number of benzene rings is 2. The Morgan fingerprint density at radius 3 is 2.00 bits per heavy atom. The predicted molar refractivity (Wildman–Crippen MR) is 132 cm³/mol. The van der Waals surface area contributed by atoms with Crippen LogP contribution < -0.4 is 0 Å². The third-order valence-corrected chi connectivity index (χ3v) is 6.43. The van der Waals surface area contributed by atoms with Gasteiger partial charge in [0, 0.05) is 24.7 Å². The Morgan fingerprint density at radius 1 is 0.941 bits per heavy atom. The van der Waals surface area contributed by atoms with Crippen LogP contribution >= 0.6 is 0 Å². The number of aliphatic carboxylic acids is 2. The van der Waals surface area contributed by atoms with E-state index in [4.69, 9.17) is 14.9 Å². The lowest BCUT2D eigenvalue weighted by atomic mass is 9.95. The van der Waals surface area contributed by atoms with Crippen molar-refractivity contribution in [2.45, 2.75) is 71.6 Å². The fourth-order valence-electron chi connectivity index (χ4n) is 4.71. The summed E-state index contributed by atoms with van der Waals surface area (Å²) >= 11 is 0. The summed E-state index contributed by atoms with van der Waals surface area (Å²) in [6.45, 7) is 6.94. The molecule has 0 fully saturated rings. The normalized spacial score (nSPS) is 14.2. The number of rotatable bonds is 9. The van der Waals surface area contributed by atoms with Crippen LogP contribution in [-0.2, 0) is 53.2 Å². The molecule has 34 heavy (non-hydrogen) atoms. The zero-order valence-electron chi connectivity index (χ0n) is 20.1. The molecule has 0 radical (unpaired) electrons. The Labute approximate surface area is 201 Å². The van der Waals surface area contributed by atoms with Gasteiger partial charge in [-0.15, -0.1) is 0 Å². The van der Waals surface area contributed by atoms with E-state index in [0.29, 0.717) is 24.9 Å². The van der Waals surface area contributed by atoms with Gasteiger partial charge in [-0.1, -0.05) is 36.4 Å². The van der Waals surface area contributed by atoms with Crippen LogP contribution in [0.1, 0.15) is 60.1 Å². The summed E-state index contributed by atoms with van der Waals surface area (Å²) in [5, 5.41) is 15.6. The minimum absolute atomic E-state index is 0.474. The van der Waals surface area contributed by atoms with Gasteiger partial charge in [0.2, 0.25) is 0 Å². The molecule has 0 atom stereocenters. The fourth-order valence-corrected chi connectivity index (χ4v) is 4.71. The zero-order chi connectivity index (χ0) is 24.5. The Morgan fingerprint density at radius 2 is 1.50 bits per heavy atom. The number of carboxylic acids is 2. The minimum Gasteiger partial charge on any atom is -0.478 e. The Kier molecular flexibility index (Phi) is 9.42. The lowest BCUT2D eigenvalue weighted by Crippen LogP contribution is -2.32. The molecular formula is C28H35NO5. The smallest absolute Gasteiger partial charge is 0.328 e. The van der Waals surface area contributed by atoms with E-state index in [2.05, 4.69) is 55.1 Å². The topological polar surface area (TPSA) is 87.1 Å². The van der Waals surface area contributed by atoms with Gasteiger partial charge < -0.3 is 14.9 Å². The van der Waals surface area contributed by atoms with Gasteiger partial charge in [0.1, 0.15) is 0 Å². The van der Waals surface area contributed by atoms with Gasteiger partial charge in [0.25, 0.3) is 0 Å². The first kappa shape index (κ1) is 25.7. The molecule has 2 aliphatic carbocycles. The van der Waals surface area contributed by atoms with Crippen LogP contribution in [0.4, 0.5) is 0 Å². The van der Waals surface area contributed by atoms with Crippen LogP contribution in [0, 0.1) is 0 Å². The summed E-state index contributed by atoms with van der Waals surface area (Å²) in [6.07, 6.45) is 8.78. The molecule has 0 saturated carbocycles. The highest BCUT2D eigenvalue weighted by Gasteiger charge is 2.24. The van der Waals surface area contributed by atoms with E-state index in [1.165, 1.54) is 49.7 Å². The Hall–Kier alpha value is -2.96. The van der Waals surface area contributed by atoms with Crippen molar-refractivity contribution in [2.24, 2.45) is 0 Å². The van der Waals surface area contributed by atoms with Gasteiger partial charge in [0.05, 0.1) is 13.3 Å². The summed E-state index contributed by atoms with van der Waals surface area (Å²) in [7, 11) is 0. The highest BCUT2D eigenvalue weighted by atomic mass is 16.5. The summed E-state index contributed by atoms with van der Waals surface area (Å²) < 4.78 is 6.29. The van der Waals surface area contributed by atoms with Crippen LogP contribution in [0.25, 0.3) is 0 Å². The maximum absolute atomic E-state index is 9.55. The second-order valence-electron chi connectivity index (χ2n) is 9.15. The van der Waals surface area contributed by atoms with Gasteiger partial charge in [0.15, 0.2) is 0 Å². The zero-order valence-corrected chi connectivity index (χ0v) is 20.1. The number of carboxylic acid groups (broad SMARTS) is 2. The molecule has 0 aliphatic heterocycles. The van der Waals surface area contributed by atoms with Gasteiger partial charge in [-0.2, -0.15) is 0 Å². The maximum atomic E-state index is 9.55. The number of fused-ring (bicyclic) bond motifs is 2. The molecular weight excluding hydrogens is 430 g/mol. The molecule has 6 nitrogen and oxygen atoms in total. The number of nitrogens with zero attached hydrogens (tertiary/aromatic N) is 1. The molecule has 0 saturated heterocycles. The van der Waals surface area contributed by atoms with Gasteiger partial charge in [-0.25, -0.2) is 9.59 Å². The molecule has 0 aromatic heterocycles. The molecule has 6 heteroatoms. The SMILES string of the molecule is CC(C)N(COCc1c2c(cc3c1CCC3)CCC2)Cc1ccccc1.O=C(O)/C=C\C(=O)O. The molecule has 2 aromatic carbocycles. The highest BCUT2D eigenvalue weighted by molar-refractivity contribution is 5.89. The van der Waals surface area contributed by atoms with E-state index >= 15 is 0 Å². The van der Waals surface area contributed by atoms with E-state index in [1.807, 2.05) is 0 Å². The van der Waals surface area contributed by atoms with E-state index in [0.717, 1.165) is 13.2 Å². The Bertz CT molecular complexity index is 965. The molecule has 182 valence electrons. The average Bonchev–Trinajstić information content (AvgIpc) is 3.47. The molecule has 0 spiro atoms. The van der Waals surface area contributed by atoms with Crippen LogP contribution in [0.15, 0.2) is 48.6 Å². The van der Waals surface area contributed by atoms with Crippen LogP contribution in [0.3, 0.4) is 0 Å². The largest absolute Gasteiger partial charge is 0.478 e. The van der Waals surface area contributed by atoms with Crippen LogP contribution in [0.2, 0.25) is 0 Å². The van der Waals surface area contributed by atoms with Crippen molar-refractivity contribution in [1.82, 2.24) is 4.90 Å². The summed E-state index contributed by atoms with van der Waals surface area (Å²) in [4.78, 5) is 21.5. The third-order valence-electron chi connectivity index (χ3n) is 6.43. The lowest BCUT2D eigenvalue weighted by molar-refractivity contribution is -0.134. The first-order valence-electron chi connectivity index (χ1n) is 12.0. The van der Waals surface area contributed by atoms with Gasteiger partial charge >= 0.3 is 11.9 Å². The fraction of sp³-hybridized carbons (Fsp3) is 0.429. The minimum atomic E-state index is -1.26. The summed E-state index contributed by atoms with van der Waals surface area (Å²) in [5.74, 6) is -2.51. The Balaban J connectivity index is 0.000000350. The summed E-state index contributed by atoms with van der Waals surface area (Å²) in [5.41, 5.74) is 9.33. The predicted octanol–water partition coefficient (Wildman–Crippen LogP) is 4.76. The van der Waals surface area contributed by atoms with Crippen LogP contribution in [-0.4, -0.2) is 39.8 Å². The highest BCUT2D eigenvalue weighted by Crippen LogP contribution is 2.35. The number of carbonyl (C=O) groups is 2. The van der Waals surface area contributed by atoms with E-state index in [-0.39, 0.29) is 0 Å². The second kappa shape index (κ2) is 12.5. The quantitative estimate of drug-likeness (QED) is 0.410. The average molecular weight is 466 g/mol. The number of hydrogen-bond acceptors (Lipinski definition) is 4. The number of ether oxygens (including phenoxy) is 1. The number of hydrogen-bond donors (Lipinski definition) is 2. The molecule has 0 unspecified atom stereocenters. The van der Waals surface area contributed by atoms with Crippen molar-refractivity contribution in [3.63, 3.8) is 0 Å². The van der Waals surface area contributed by atoms with E-state index in [1.54, 1.807) is 22.3 Å². The van der Waals surface area contributed by atoms with E-state index in [9.17, 15) is 9.59 Å². The molecule has 0 heterocycles. The van der Waals surface area contributed by atoms with Crippen LogP contribution in [0.5, 0.6) is 0 Å². The van der Waals surface area contributed by atoms with Gasteiger partial charge in [-0.3, -0.25) is 4.90 Å². The monoisotopic (exact) mass is 465 g/mol. The maximum Gasteiger partial charge on any atom is 0.328 e. The lowest BCUT2D eigenvalue weighted by Gasteiger charge is -2.27. The molecule has 4 rings (SSSR count). The van der Waals surface area contributed by atoms with E-state index < -0.39 is 11.9 Å².